The van der Waals surface area contributed by atoms with Crippen LogP contribution in [-0.2, 0) is 16.1 Å². The van der Waals surface area contributed by atoms with E-state index in [1.165, 1.54) is 22.2 Å². The van der Waals surface area contributed by atoms with Gasteiger partial charge in [0, 0.05) is 18.0 Å². The fourth-order valence-corrected chi connectivity index (χ4v) is 4.96. The summed E-state index contributed by atoms with van der Waals surface area (Å²) >= 11 is 1.48. The highest BCUT2D eigenvalue weighted by Gasteiger charge is 2.27. The minimum absolute atomic E-state index is 0.0940. The van der Waals surface area contributed by atoms with E-state index < -0.39 is 0 Å². The first-order chi connectivity index (χ1) is 14.0. The quantitative estimate of drug-likeness (QED) is 0.712. The second-order valence-corrected chi connectivity index (χ2v) is 8.36. The molecule has 150 valence electrons. The van der Waals surface area contributed by atoms with Crippen LogP contribution in [0.3, 0.4) is 0 Å². The molecule has 2 amide bonds. The predicted molar refractivity (Wildman–Crippen MR) is 113 cm³/mol. The number of rotatable bonds is 4. The van der Waals surface area contributed by atoms with Gasteiger partial charge in [0.05, 0.1) is 17.6 Å². The zero-order valence-corrected chi connectivity index (χ0v) is 16.9. The van der Waals surface area contributed by atoms with Gasteiger partial charge >= 0.3 is 0 Å². The Morgan fingerprint density at radius 2 is 2.03 bits per heavy atom. The van der Waals surface area contributed by atoms with E-state index >= 15 is 0 Å². The van der Waals surface area contributed by atoms with E-state index in [0.717, 1.165) is 22.4 Å². The molecule has 1 aromatic carbocycles. The number of thiophene rings is 1. The van der Waals surface area contributed by atoms with E-state index in [2.05, 4.69) is 4.98 Å². The minimum Gasteiger partial charge on any atom is -0.369 e. The molecule has 1 aliphatic heterocycles. The van der Waals surface area contributed by atoms with E-state index in [4.69, 9.17) is 5.73 Å². The second kappa shape index (κ2) is 7.79. The largest absolute Gasteiger partial charge is 0.369 e. The molecule has 0 radical (unpaired) electrons. The zero-order valence-electron chi connectivity index (χ0n) is 16.1. The summed E-state index contributed by atoms with van der Waals surface area (Å²) in [4.78, 5) is 45.0. The Bertz CT molecular complexity index is 1140. The number of likely N-dealkylation sites (tertiary alicyclic amines) is 1. The van der Waals surface area contributed by atoms with Crippen molar-refractivity contribution in [3.63, 3.8) is 0 Å². The first kappa shape index (κ1) is 19.3. The second-order valence-electron chi connectivity index (χ2n) is 7.36. The van der Waals surface area contributed by atoms with Crippen LogP contribution < -0.4 is 11.3 Å². The smallest absolute Gasteiger partial charge is 0.262 e. The summed E-state index contributed by atoms with van der Waals surface area (Å²) in [6, 6.07) is 9.88. The third-order valence-electron chi connectivity index (χ3n) is 5.44. The lowest BCUT2D eigenvalue weighted by Gasteiger charge is -2.31. The number of hydrogen-bond acceptors (Lipinski definition) is 5. The normalized spacial score (nSPS) is 16.9. The molecule has 1 atom stereocenters. The van der Waals surface area contributed by atoms with Gasteiger partial charge in [-0.3, -0.25) is 19.0 Å². The summed E-state index contributed by atoms with van der Waals surface area (Å²) in [5.74, 6) is -0.905. The van der Waals surface area contributed by atoms with Gasteiger partial charge in [0.1, 0.15) is 11.4 Å². The van der Waals surface area contributed by atoms with Crippen LogP contribution in [0.15, 0.2) is 41.5 Å². The molecule has 29 heavy (non-hydrogen) atoms. The van der Waals surface area contributed by atoms with Gasteiger partial charge < -0.3 is 10.6 Å². The molecular weight excluding hydrogens is 388 g/mol. The number of benzene rings is 1. The van der Waals surface area contributed by atoms with Gasteiger partial charge in [-0.2, -0.15) is 0 Å². The Kier molecular flexibility index (Phi) is 5.19. The Balaban J connectivity index is 1.63. The van der Waals surface area contributed by atoms with Crippen LogP contribution in [0.5, 0.6) is 0 Å². The average Bonchev–Trinajstić information content (AvgIpc) is 3.08. The molecule has 0 spiro atoms. The van der Waals surface area contributed by atoms with Crippen LogP contribution >= 0.6 is 11.3 Å². The van der Waals surface area contributed by atoms with Crippen LogP contribution in [0, 0.1) is 12.8 Å². The fourth-order valence-electron chi connectivity index (χ4n) is 3.82. The van der Waals surface area contributed by atoms with Crippen molar-refractivity contribution in [2.45, 2.75) is 26.3 Å². The highest BCUT2D eigenvalue weighted by Crippen LogP contribution is 2.35. The van der Waals surface area contributed by atoms with E-state index in [-0.39, 0.29) is 29.8 Å². The summed E-state index contributed by atoms with van der Waals surface area (Å²) in [6.45, 7) is 2.71. The van der Waals surface area contributed by atoms with E-state index in [1.54, 1.807) is 4.90 Å². The Morgan fingerprint density at radius 1 is 1.28 bits per heavy atom. The first-order valence-electron chi connectivity index (χ1n) is 9.56. The van der Waals surface area contributed by atoms with Gasteiger partial charge in [-0.1, -0.05) is 30.3 Å². The van der Waals surface area contributed by atoms with Crippen molar-refractivity contribution in [1.29, 1.82) is 0 Å². The maximum Gasteiger partial charge on any atom is 0.262 e. The maximum absolute atomic E-state index is 13.1. The van der Waals surface area contributed by atoms with Gasteiger partial charge in [0.15, 0.2) is 0 Å². The SMILES string of the molecule is Cc1c(-c2ccccc2)sc2ncn(CC(=O)N3CCC[C@H](C(N)=O)C3)c(=O)c12. The molecule has 3 aromatic rings. The Labute approximate surface area is 171 Å². The molecule has 3 heterocycles. The van der Waals surface area contributed by atoms with E-state index in [0.29, 0.717) is 29.7 Å². The fraction of sp³-hybridized carbons (Fsp3) is 0.333. The van der Waals surface area contributed by atoms with Gasteiger partial charge in [-0.15, -0.1) is 11.3 Å². The standard InChI is InChI=1S/C21H22N4O3S/c1-13-17-20(29-18(13)14-6-3-2-4-7-14)23-12-25(21(17)28)11-16(26)24-9-5-8-15(10-24)19(22)27/h2-4,6-7,12,15H,5,8-11H2,1H3,(H2,22,27)/t15-/m0/s1. The van der Waals surface area contributed by atoms with Crippen molar-refractivity contribution in [2.24, 2.45) is 11.7 Å². The lowest BCUT2D eigenvalue weighted by atomic mass is 9.97. The Hall–Kier alpha value is -3.00. The van der Waals surface area contributed by atoms with Crippen molar-refractivity contribution >= 4 is 33.4 Å². The van der Waals surface area contributed by atoms with Crippen molar-refractivity contribution in [2.75, 3.05) is 13.1 Å². The van der Waals surface area contributed by atoms with Crippen molar-refractivity contribution in [3.8, 4) is 10.4 Å². The van der Waals surface area contributed by atoms with Crippen LogP contribution in [0.25, 0.3) is 20.7 Å². The van der Waals surface area contributed by atoms with E-state index in [1.807, 2.05) is 37.3 Å². The molecule has 7 nitrogen and oxygen atoms in total. The third kappa shape index (κ3) is 3.67. The summed E-state index contributed by atoms with van der Waals surface area (Å²) < 4.78 is 1.35. The summed E-state index contributed by atoms with van der Waals surface area (Å²) in [6.07, 6.45) is 2.86. The lowest BCUT2D eigenvalue weighted by Crippen LogP contribution is -2.45. The predicted octanol–water partition coefficient (Wildman–Crippen LogP) is 2.16. The lowest BCUT2D eigenvalue weighted by molar-refractivity contribution is -0.135. The number of fused-ring (bicyclic) bond motifs is 1. The highest BCUT2D eigenvalue weighted by molar-refractivity contribution is 7.22. The number of carbonyl (C=O) groups is 2. The van der Waals surface area contributed by atoms with Crippen molar-refractivity contribution in [3.05, 3.63) is 52.6 Å². The molecule has 1 saturated heterocycles. The number of hydrogen-bond donors (Lipinski definition) is 1. The molecule has 1 fully saturated rings. The number of primary amides is 1. The van der Waals surface area contributed by atoms with Crippen molar-refractivity contribution < 1.29 is 9.59 Å². The molecule has 0 unspecified atom stereocenters. The number of aryl methyl sites for hydroxylation is 1. The molecule has 0 bridgehead atoms. The van der Waals surface area contributed by atoms with Crippen LogP contribution in [0.4, 0.5) is 0 Å². The van der Waals surface area contributed by atoms with Gasteiger partial charge in [0.2, 0.25) is 11.8 Å². The summed E-state index contributed by atoms with van der Waals surface area (Å²) in [5, 5.41) is 0.554. The molecule has 2 aromatic heterocycles. The number of amides is 2. The number of aromatic nitrogens is 2. The van der Waals surface area contributed by atoms with Crippen molar-refractivity contribution in [1.82, 2.24) is 14.5 Å². The number of nitrogens with two attached hydrogens (primary N) is 1. The monoisotopic (exact) mass is 410 g/mol. The van der Waals surface area contributed by atoms with Gasteiger partial charge in [-0.25, -0.2) is 4.98 Å². The molecule has 2 N–H and O–H groups in total. The van der Waals surface area contributed by atoms with Crippen LogP contribution in [-0.4, -0.2) is 39.4 Å². The zero-order chi connectivity index (χ0) is 20.5. The molecule has 0 aliphatic carbocycles. The molecule has 0 saturated carbocycles. The topological polar surface area (TPSA) is 98.3 Å². The van der Waals surface area contributed by atoms with E-state index in [9.17, 15) is 14.4 Å². The molecular formula is C21H22N4O3S. The Morgan fingerprint density at radius 3 is 2.76 bits per heavy atom. The molecule has 8 heteroatoms. The van der Waals surface area contributed by atoms with Crippen LogP contribution in [0.2, 0.25) is 0 Å². The first-order valence-corrected chi connectivity index (χ1v) is 10.4. The third-order valence-corrected chi connectivity index (χ3v) is 6.68. The molecule has 4 rings (SSSR count). The van der Waals surface area contributed by atoms with Gasteiger partial charge in [-0.05, 0) is 30.9 Å². The van der Waals surface area contributed by atoms with Gasteiger partial charge in [0.25, 0.3) is 5.56 Å². The molecule has 1 aliphatic rings. The average molecular weight is 410 g/mol. The maximum atomic E-state index is 13.1. The number of nitrogens with zero attached hydrogens (tertiary/aromatic N) is 3. The summed E-state index contributed by atoms with van der Waals surface area (Å²) in [5.41, 5.74) is 7.09. The number of piperidine rings is 1. The highest BCUT2D eigenvalue weighted by atomic mass is 32.1. The minimum atomic E-state index is -0.384. The summed E-state index contributed by atoms with van der Waals surface area (Å²) in [7, 11) is 0. The number of carbonyl (C=O) groups excluding carboxylic acids is 2. The van der Waals surface area contributed by atoms with Crippen LogP contribution in [0.1, 0.15) is 18.4 Å².